The molecule has 4 fully saturated rings. The van der Waals surface area contributed by atoms with Crippen LogP contribution in [0.2, 0.25) is 0 Å². The normalized spacial score (nSPS) is 26.4. The Morgan fingerprint density at radius 1 is 1.16 bits per heavy atom. The highest BCUT2D eigenvalue weighted by atomic mass is 32.2. The number of hydrogen-bond donors (Lipinski definition) is 1. The number of pyridine rings is 1. The van der Waals surface area contributed by atoms with Crippen LogP contribution in [0.15, 0.2) is 30.5 Å². The Labute approximate surface area is 256 Å². The van der Waals surface area contributed by atoms with E-state index < -0.39 is 23.3 Å². The minimum atomic E-state index is -0.908. The number of aromatic hydroxyl groups is 1. The number of fused-ring (bicyclic) bond motifs is 5. The molecule has 11 heteroatoms. The number of benzene rings is 2. The number of aromatic nitrogens is 3. The van der Waals surface area contributed by atoms with Gasteiger partial charge in [-0.2, -0.15) is 21.7 Å². The van der Waals surface area contributed by atoms with Crippen molar-refractivity contribution in [1.29, 1.82) is 0 Å². The zero-order valence-electron chi connectivity index (χ0n) is 23.9. The molecule has 4 saturated heterocycles. The van der Waals surface area contributed by atoms with E-state index in [1.807, 2.05) is 11.8 Å². The zero-order valence-corrected chi connectivity index (χ0v) is 24.7. The van der Waals surface area contributed by atoms with Crippen molar-refractivity contribution in [2.24, 2.45) is 0 Å². The molecule has 0 radical (unpaired) electrons. The summed E-state index contributed by atoms with van der Waals surface area (Å²) in [5.41, 5.74) is -0.416. The second kappa shape index (κ2) is 10.4. The average Bonchev–Trinajstić information content (AvgIpc) is 3.62. The molecule has 4 aliphatic heterocycles. The largest absolute Gasteiger partial charge is 0.508 e. The Kier molecular flexibility index (Phi) is 6.58. The highest BCUT2D eigenvalue weighted by Gasteiger charge is 2.49. The fourth-order valence-electron chi connectivity index (χ4n) is 7.85. The molecule has 226 valence electrons. The van der Waals surface area contributed by atoms with Crippen LogP contribution >= 0.6 is 11.8 Å². The maximum absolute atomic E-state index is 16.8. The molecule has 0 amide bonds. The summed E-state index contributed by atoms with van der Waals surface area (Å²) >= 11 is 1.91. The summed E-state index contributed by atoms with van der Waals surface area (Å²) in [6.45, 7) is 1.43. The Morgan fingerprint density at radius 3 is 2.77 bits per heavy atom. The Balaban J connectivity index is 1.29. The predicted octanol–water partition coefficient (Wildman–Crippen LogP) is 5.85. The molecule has 0 aliphatic carbocycles. The summed E-state index contributed by atoms with van der Waals surface area (Å²) in [6, 6.07) is 6.01. The van der Waals surface area contributed by atoms with Gasteiger partial charge < -0.3 is 14.7 Å². The van der Waals surface area contributed by atoms with Gasteiger partial charge in [0.25, 0.3) is 0 Å². The molecule has 0 unspecified atom stereocenters. The van der Waals surface area contributed by atoms with E-state index in [2.05, 4.69) is 25.7 Å². The molecule has 1 N–H and O–H groups in total. The number of alkyl halides is 1. The number of hydrogen-bond acceptors (Lipinski definition) is 8. The molecule has 2 aromatic carbocycles. The lowest BCUT2D eigenvalue weighted by Crippen LogP contribution is -2.44. The summed E-state index contributed by atoms with van der Waals surface area (Å²) < 4.78 is 52.3. The van der Waals surface area contributed by atoms with Gasteiger partial charge >= 0.3 is 6.01 Å². The molecule has 44 heavy (non-hydrogen) atoms. The lowest BCUT2D eigenvalue weighted by Gasteiger charge is -2.36. The maximum atomic E-state index is 16.8. The number of rotatable bonds is 5. The molecule has 4 atom stereocenters. The van der Waals surface area contributed by atoms with Crippen LogP contribution in [0.25, 0.3) is 32.9 Å². The third kappa shape index (κ3) is 4.29. The van der Waals surface area contributed by atoms with Crippen LogP contribution in [0.3, 0.4) is 0 Å². The van der Waals surface area contributed by atoms with Gasteiger partial charge in [0, 0.05) is 53.7 Å². The standard InChI is InChI=1S/C33H30F3N5O2S/c1-2-23-26(35)7-4-18-10-22(42)11-24(27(18)23)29-28(36)30-25(13-37-29)31(41-20-5-6-21(41)16-44-15-20)39-32(38-30)43-17-33-8-3-9-40(33)14-19(34)12-33/h1,4,7,10-11,13,19-21,42H,3,5-6,8-9,12,14-17H2/t19-,20-,21+,33+/m1/s1. The topological polar surface area (TPSA) is 74.6 Å². The van der Waals surface area contributed by atoms with Crippen LogP contribution in [-0.2, 0) is 0 Å². The van der Waals surface area contributed by atoms with Crippen molar-refractivity contribution >= 4 is 39.3 Å². The second-order valence-corrected chi connectivity index (χ2v) is 13.4. The summed E-state index contributed by atoms with van der Waals surface area (Å²) in [5.74, 6) is 3.31. The smallest absolute Gasteiger partial charge is 0.319 e. The van der Waals surface area contributed by atoms with Gasteiger partial charge in [-0.05, 0) is 55.8 Å². The third-order valence-electron chi connectivity index (χ3n) is 9.81. The lowest BCUT2D eigenvalue weighted by molar-refractivity contribution is 0.107. The van der Waals surface area contributed by atoms with Crippen LogP contribution < -0.4 is 9.64 Å². The maximum Gasteiger partial charge on any atom is 0.319 e. The quantitative estimate of drug-likeness (QED) is 0.280. The summed E-state index contributed by atoms with van der Waals surface area (Å²) in [6.07, 6.45) is 10.5. The van der Waals surface area contributed by atoms with E-state index in [-0.39, 0.29) is 58.2 Å². The first-order valence-electron chi connectivity index (χ1n) is 15.0. The first-order chi connectivity index (χ1) is 21.3. The summed E-state index contributed by atoms with van der Waals surface area (Å²) in [4.78, 5) is 18.3. The zero-order chi connectivity index (χ0) is 30.2. The fraction of sp³-hybridized carbons (Fsp3) is 0.424. The number of thioether (sulfide) groups is 1. The minimum absolute atomic E-state index is 0.0124. The van der Waals surface area contributed by atoms with E-state index in [0.717, 1.165) is 43.7 Å². The number of phenolic OH excluding ortho intramolecular Hbond substituents is 1. The van der Waals surface area contributed by atoms with Crippen LogP contribution in [-0.4, -0.2) is 80.0 Å². The number of terminal acetylenes is 1. The van der Waals surface area contributed by atoms with Crippen molar-refractivity contribution in [3.63, 3.8) is 0 Å². The monoisotopic (exact) mass is 617 g/mol. The van der Waals surface area contributed by atoms with E-state index in [1.54, 1.807) is 6.20 Å². The Morgan fingerprint density at radius 2 is 1.98 bits per heavy atom. The van der Waals surface area contributed by atoms with Crippen LogP contribution in [0.4, 0.5) is 19.0 Å². The second-order valence-electron chi connectivity index (χ2n) is 12.4. The van der Waals surface area contributed by atoms with E-state index in [1.165, 1.54) is 24.3 Å². The summed E-state index contributed by atoms with van der Waals surface area (Å²) in [7, 11) is 0. The highest BCUT2D eigenvalue weighted by Crippen LogP contribution is 2.44. The van der Waals surface area contributed by atoms with Gasteiger partial charge in [-0.3, -0.25) is 9.88 Å². The van der Waals surface area contributed by atoms with Crippen molar-refractivity contribution < 1.29 is 23.0 Å². The molecule has 0 saturated carbocycles. The number of phenols is 1. The van der Waals surface area contributed by atoms with E-state index in [0.29, 0.717) is 29.6 Å². The van der Waals surface area contributed by atoms with Crippen molar-refractivity contribution in [3.05, 3.63) is 47.7 Å². The van der Waals surface area contributed by atoms with E-state index in [4.69, 9.17) is 16.1 Å². The van der Waals surface area contributed by atoms with E-state index >= 15 is 4.39 Å². The first kappa shape index (κ1) is 27.8. The van der Waals surface area contributed by atoms with Crippen molar-refractivity contribution in [1.82, 2.24) is 19.9 Å². The van der Waals surface area contributed by atoms with Crippen molar-refractivity contribution in [2.45, 2.75) is 55.9 Å². The van der Waals surface area contributed by atoms with Gasteiger partial charge in [-0.15, -0.1) is 6.42 Å². The molecule has 6 heterocycles. The number of anilines is 1. The Bertz CT molecular complexity index is 1850. The molecule has 0 spiro atoms. The number of halogens is 3. The van der Waals surface area contributed by atoms with Gasteiger partial charge in [-0.25, -0.2) is 13.2 Å². The van der Waals surface area contributed by atoms with E-state index in [9.17, 15) is 13.9 Å². The molecule has 7 nitrogen and oxygen atoms in total. The minimum Gasteiger partial charge on any atom is -0.508 e. The molecular weight excluding hydrogens is 587 g/mol. The molecule has 2 bridgehead atoms. The van der Waals surface area contributed by atoms with Gasteiger partial charge in [0.1, 0.15) is 41.4 Å². The molecular formula is C33H30F3N5O2S. The fourth-order valence-corrected chi connectivity index (χ4v) is 9.18. The van der Waals surface area contributed by atoms with Gasteiger partial charge in [0.05, 0.1) is 16.5 Å². The third-order valence-corrected chi connectivity index (χ3v) is 11.1. The van der Waals surface area contributed by atoms with Gasteiger partial charge in [-0.1, -0.05) is 12.0 Å². The average molecular weight is 618 g/mol. The first-order valence-corrected chi connectivity index (χ1v) is 16.2. The van der Waals surface area contributed by atoms with Gasteiger partial charge in [0.2, 0.25) is 0 Å². The Hall–Kier alpha value is -3.75. The molecule has 2 aromatic heterocycles. The van der Waals surface area contributed by atoms with Crippen molar-refractivity contribution in [3.8, 4) is 35.4 Å². The molecule has 4 aliphatic rings. The number of nitrogens with zero attached hydrogens (tertiary/aromatic N) is 5. The molecule has 4 aromatic rings. The number of ether oxygens (including phenoxy) is 1. The van der Waals surface area contributed by atoms with Gasteiger partial charge in [0.15, 0.2) is 5.82 Å². The van der Waals surface area contributed by atoms with Crippen LogP contribution in [0, 0.1) is 24.0 Å². The summed E-state index contributed by atoms with van der Waals surface area (Å²) in [5, 5.41) is 11.7. The molecule has 8 rings (SSSR count). The highest BCUT2D eigenvalue weighted by molar-refractivity contribution is 7.99. The van der Waals surface area contributed by atoms with Crippen LogP contribution in [0.1, 0.15) is 37.7 Å². The predicted molar refractivity (Wildman–Crippen MR) is 165 cm³/mol. The van der Waals surface area contributed by atoms with Crippen molar-refractivity contribution in [2.75, 3.05) is 36.1 Å². The SMILES string of the molecule is C#Cc1c(F)ccc2cc(O)cc(-c3ncc4c(N5[C@@H]6CC[C@H]5CSC6)nc(OC[C@@]56CCCN5C[C@H](F)C6)nc4c3F)c12. The van der Waals surface area contributed by atoms with Crippen LogP contribution in [0.5, 0.6) is 11.8 Å². The lowest BCUT2D eigenvalue weighted by atomic mass is 9.95.